The Kier molecular flexibility index (Phi) is 6.98. The molecule has 3 nitrogen and oxygen atoms in total. The molecule has 0 radical (unpaired) electrons. The number of halogens is 5. The smallest absolute Gasteiger partial charge is 0.310 e. The molecule has 0 heterocycles. The van der Waals surface area contributed by atoms with Crippen molar-refractivity contribution in [1.29, 1.82) is 0 Å². The quantitative estimate of drug-likeness (QED) is 0.393. The minimum atomic E-state index is -1.28. The van der Waals surface area contributed by atoms with Gasteiger partial charge in [-0.05, 0) is 38.2 Å². The molecule has 0 aliphatic heterocycles. The Bertz CT molecular complexity index is 803. The van der Waals surface area contributed by atoms with Crippen LogP contribution in [0.2, 0.25) is 0 Å². The number of allylic oxidation sites excluding steroid dienone is 1. The van der Waals surface area contributed by atoms with E-state index in [1.807, 2.05) is 13.8 Å². The van der Waals surface area contributed by atoms with Crippen LogP contribution in [0, 0.1) is 41.6 Å². The van der Waals surface area contributed by atoms with Crippen LogP contribution in [0.25, 0.3) is 0 Å². The Hall–Kier alpha value is -1.40. The monoisotopic (exact) mass is 437 g/mol. The minimum absolute atomic E-state index is 0.0471. The van der Waals surface area contributed by atoms with E-state index in [4.69, 9.17) is 27.9 Å². The first kappa shape index (κ1) is 22.9. The van der Waals surface area contributed by atoms with Gasteiger partial charge >= 0.3 is 5.97 Å². The average molecular weight is 438 g/mol. The summed E-state index contributed by atoms with van der Waals surface area (Å²) < 4.78 is 48.7. The maximum atomic E-state index is 14.7. The molecular formula is C20H24Cl2F3NO2. The number of hydrogen-bond acceptors (Lipinski definition) is 3. The second-order valence-corrected chi connectivity index (χ2v) is 8.46. The van der Waals surface area contributed by atoms with Gasteiger partial charge in [-0.15, -0.1) is 0 Å². The van der Waals surface area contributed by atoms with E-state index in [1.54, 1.807) is 24.8 Å². The summed E-state index contributed by atoms with van der Waals surface area (Å²) in [6, 6.07) is 0. The molecule has 0 amide bonds. The van der Waals surface area contributed by atoms with Gasteiger partial charge in [0, 0.05) is 18.7 Å². The lowest BCUT2D eigenvalue weighted by atomic mass is 10.1. The van der Waals surface area contributed by atoms with Crippen molar-refractivity contribution in [2.45, 2.75) is 41.2 Å². The van der Waals surface area contributed by atoms with Crippen molar-refractivity contribution in [3.05, 3.63) is 39.1 Å². The van der Waals surface area contributed by atoms with Gasteiger partial charge < -0.3 is 9.64 Å². The van der Waals surface area contributed by atoms with Crippen molar-refractivity contribution in [1.82, 2.24) is 0 Å². The second-order valence-electron chi connectivity index (χ2n) is 7.46. The zero-order valence-corrected chi connectivity index (χ0v) is 18.0. The van der Waals surface area contributed by atoms with Crippen LogP contribution in [0.15, 0.2) is 10.6 Å². The number of ether oxygens (including phenoxy) is 1. The molecule has 0 bridgehead atoms. The lowest BCUT2D eigenvalue weighted by molar-refractivity contribution is -0.147. The highest BCUT2D eigenvalue weighted by molar-refractivity contribution is 6.55. The normalized spacial score (nSPS) is 19.9. The number of carbonyl (C=O) groups excluding carboxylic acids is 1. The molecule has 8 heteroatoms. The largest absolute Gasteiger partial charge is 0.460 e. The highest BCUT2D eigenvalue weighted by Gasteiger charge is 2.61. The molecule has 0 saturated heterocycles. The zero-order chi connectivity index (χ0) is 21.4. The van der Waals surface area contributed by atoms with E-state index in [-0.39, 0.29) is 21.7 Å². The second kappa shape index (κ2) is 8.54. The van der Waals surface area contributed by atoms with Crippen LogP contribution in [0.3, 0.4) is 0 Å². The molecule has 1 fully saturated rings. The van der Waals surface area contributed by atoms with Gasteiger partial charge in [0.2, 0.25) is 0 Å². The van der Waals surface area contributed by atoms with Crippen LogP contribution in [0.5, 0.6) is 0 Å². The number of benzene rings is 1. The molecule has 1 aromatic rings. The van der Waals surface area contributed by atoms with Crippen LogP contribution in [-0.4, -0.2) is 19.1 Å². The molecule has 1 aromatic carbocycles. The first-order chi connectivity index (χ1) is 13.0. The lowest BCUT2D eigenvalue weighted by Gasteiger charge is -2.26. The topological polar surface area (TPSA) is 29.5 Å². The Morgan fingerprint density at radius 2 is 1.71 bits per heavy atom. The fourth-order valence-electron chi connectivity index (χ4n) is 3.62. The highest BCUT2D eigenvalue weighted by atomic mass is 35.5. The molecule has 1 aliphatic rings. The highest BCUT2D eigenvalue weighted by Crippen LogP contribution is 2.60. The third kappa shape index (κ3) is 4.13. The van der Waals surface area contributed by atoms with E-state index < -0.39 is 46.9 Å². The third-order valence-electron chi connectivity index (χ3n) is 5.52. The molecule has 1 aliphatic carbocycles. The van der Waals surface area contributed by atoms with Gasteiger partial charge in [-0.3, -0.25) is 4.79 Å². The molecule has 2 atom stereocenters. The number of esters is 1. The van der Waals surface area contributed by atoms with Gasteiger partial charge in [0.05, 0.1) is 17.2 Å². The van der Waals surface area contributed by atoms with Crippen LogP contribution in [0.1, 0.15) is 38.8 Å². The van der Waals surface area contributed by atoms with Crippen LogP contribution >= 0.6 is 23.2 Å². The fraction of sp³-hybridized carbons (Fsp3) is 0.550. The minimum Gasteiger partial charge on any atom is -0.460 e. The number of hydrogen-bond donors (Lipinski definition) is 0. The number of rotatable bonds is 7. The Balaban J connectivity index is 2.32. The summed E-state index contributed by atoms with van der Waals surface area (Å²) in [6.07, 6.45) is 1.56. The molecule has 2 rings (SSSR count). The summed E-state index contributed by atoms with van der Waals surface area (Å²) in [5, 5.41) is 0. The van der Waals surface area contributed by atoms with E-state index >= 15 is 0 Å². The molecule has 28 heavy (non-hydrogen) atoms. The summed E-state index contributed by atoms with van der Waals surface area (Å²) in [5.41, 5.74) is -1.21. The summed E-state index contributed by atoms with van der Waals surface area (Å²) in [7, 11) is 0. The first-order valence-electron chi connectivity index (χ1n) is 9.09. The maximum absolute atomic E-state index is 14.7. The SMILES string of the molecule is CCN(CC)c1c(F)c(C)c(F)c(F)c1COC(=O)[C@H]1[C@H](C=C(Cl)Cl)C1(C)C. The van der Waals surface area contributed by atoms with Gasteiger partial charge in [0.25, 0.3) is 0 Å². The van der Waals surface area contributed by atoms with Crippen molar-refractivity contribution in [2.24, 2.45) is 17.3 Å². The Labute approximate surface area is 173 Å². The Morgan fingerprint density at radius 1 is 1.14 bits per heavy atom. The van der Waals surface area contributed by atoms with Crippen molar-refractivity contribution in [3.63, 3.8) is 0 Å². The first-order valence-corrected chi connectivity index (χ1v) is 9.84. The van der Waals surface area contributed by atoms with Gasteiger partial charge in [0.1, 0.15) is 11.1 Å². The molecule has 156 valence electrons. The predicted octanol–water partition coefficient (Wildman–Crippen LogP) is 5.89. The zero-order valence-electron chi connectivity index (χ0n) is 16.5. The van der Waals surface area contributed by atoms with Crippen molar-refractivity contribution in [3.8, 4) is 0 Å². The summed E-state index contributed by atoms with van der Waals surface area (Å²) in [6.45, 7) is 8.63. The van der Waals surface area contributed by atoms with Crippen molar-refractivity contribution < 1.29 is 22.7 Å². The van der Waals surface area contributed by atoms with Crippen LogP contribution in [-0.2, 0) is 16.1 Å². The predicted molar refractivity (Wildman–Crippen MR) is 105 cm³/mol. The van der Waals surface area contributed by atoms with E-state index in [0.717, 1.165) is 0 Å². The molecular weight excluding hydrogens is 414 g/mol. The molecule has 0 aromatic heterocycles. The van der Waals surface area contributed by atoms with Gasteiger partial charge in [0.15, 0.2) is 17.5 Å². The summed E-state index contributed by atoms with van der Waals surface area (Å²) in [5.74, 6) is -4.66. The average Bonchev–Trinajstić information content (AvgIpc) is 3.16. The fourth-order valence-corrected chi connectivity index (χ4v) is 3.89. The molecule has 0 unspecified atom stereocenters. The van der Waals surface area contributed by atoms with E-state index in [2.05, 4.69) is 0 Å². The Morgan fingerprint density at radius 3 is 2.21 bits per heavy atom. The third-order valence-corrected chi connectivity index (χ3v) is 5.77. The van der Waals surface area contributed by atoms with E-state index in [1.165, 1.54) is 6.92 Å². The molecule has 0 spiro atoms. The van der Waals surface area contributed by atoms with Crippen LogP contribution in [0.4, 0.5) is 18.9 Å². The van der Waals surface area contributed by atoms with E-state index in [9.17, 15) is 18.0 Å². The van der Waals surface area contributed by atoms with Crippen LogP contribution < -0.4 is 4.90 Å². The van der Waals surface area contributed by atoms with Gasteiger partial charge in [-0.1, -0.05) is 37.0 Å². The molecule has 0 N–H and O–H groups in total. The summed E-state index contributed by atoms with van der Waals surface area (Å²) in [4.78, 5) is 14.1. The number of carbonyl (C=O) groups is 1. The van der Waals surface area contributed by atoms with Crippen molar-refractivity contribution >= 4 is 34.9 Å². The molecule has 1 saturated carbocycles. The standard InChI is InChI=1S/C20H24Cl2F3NO2/c1-6-26(7-2)18-11(17(25)15(23)10(3)16(18)24)9-28-19(27)14-12(8-13(21)22)20(14,4)5/h8,12,14H,6-7,9H2,1-5H3/t12-,14+/m0/s1. The van der Waals surface area contributed by atoms with Gasteiger partial charge in [-0.25, -0.2) is 13.2 Å². The van der Waals surface area contributed by atoms with E-state index in [0.29, 0.717) is 13.1 Å². The number of nitrogens with zero attached hydrogens (tertiary/aromatic N) is 1. The van der Waals surface area contributed by atoms with Crippen molar-refractivity contribution in [2.75, 3.05) is 18.0 Å². The summed E-state index contributed by atoms with van der Waals surface area (Å²) >= 11 is 11.4. The lowest BCUT2D eigenvalue weighted by Crippen LogP contribution is -2.26. The number of anilines is 1. The maximum Gasteiger partial charge on any atom is 0.310 e. The van der Waals surface area contributed by atoms with Gasteiger partial charge in [-0.2, -0.15) is 0 Å².